The highest BCUT2D eigenvalue weighted by atomic mass is 127. The number of hydrogen-bond donors (Lipinski definition) is 1. The predicted molar refractivity (Wildman–Crippen MR) is 78.9 cm³/mol. The van der Waals surface area contributed by atoms with Crippen LogP contribution < -0.4 is 5.32 Å². The molecule has 0 heterocycles. The Morgan fingerprint density at radius 1 is 1.00 bits per heavy atom. The standard InChI is InChI=1S/C14H12INO/c1-10(17)16-14-9-5-3-7-12(14)11-6-2-4-8-13(11)15/h2-9H,1H3,(H,16,17). The van der Waals surface area contributed by atoms with Gasteiger partial charge in [0.25, 0.3) is 0 Å². The molecule has 2 nitrogen and oxygen atoms in total. The fraction of sp³-hybridized carbons (Fsp3) is 0.0714. The molecule has 0 atom stereocenters. The van der Waals surface area contributed by atoms with Gasteiger partial charge in [0.1, 0.15) is 0 Å². The fourth-order valence-electron chi connectivity index (χ4n) is 1.70. The van der Waals surface area contributed by atoms with E-state index in [-0.39, 0.29) is 5.91 Å². The van der Waals surface area contributed by atoms with E-state index in [9.17, 15) is 4.79 Å². The van der Waals surface area contributed by atoms with Crippen LogP contribution in [0.15, 0.2) is 48.5 Å². The number of carbonyl (C=O) groups excluding carboxylic acids is 1. The molecule has 0 fully saturated rings. The SMILES string of the molecule is CC(=O)Nc1ccccc1-c1ccccc1I. The summed E-state index contributed by atoms with van der Waals surface area (Å²) in [4.78, 5) is 11.2. The molecule has 0 saturated carbocycles. The van der Waals surface area contributed by atoms with E-state index in [1.165, 1.54) is 10.5 Å². The van der Waals surface area contributed by atoms with Crippen molar-refractivity contribution in [1.82, 2.24) is 0 Å². The number of para-hydroxylation sites is 1. The van der Waals surface area contributed by atoms with Crippen LogP contribution >= 0.6 is 22.6 Å². The molecule has 86 valence electrons. The molecule has 0 saturated heterocycles. The number of anilines is 1. The van der Waals surface area contributed by atoms with E-state index in [0.29, 0.717) is 0 Å². The second-order valence-corrected chi connectivity index (χ2v) is 4.87. The van der Waals surface area contributed by atoms with Gasteiger partial charge in [0.2, 0.25) is 5.91 Å². The van der Waals surface area contributed by atoms with Gasteiger partial charge in [0.15, 0.2) is 0 Å². The highest BCUT2D eigenvalue weighted by Gasteiger charge is 2.07. The number of benzene rings is 2. The lowest BCUT2D eigenvalue weighted by Gasteiger charge is -2.11. The molecule has 1 N–H and O–H groups in total. The lowest BCUT2D eigenvalue weighted by Crippen LogP contribution is -2.06. The van der Waals surface area contributed by atoms with Crippen LogP contribution in [0.2, 0.25) is 0 Å². The number of halogens is 1. The molecule has 0 aromatic heterocycles. The van der Waals surface area contributed by atoms with Crippen LogP contribution in [-0.4, -0.2) is 5.91 Å². The largest absolute Gasteiger partial charge is 0.326 e. The molecule has 2 aromatic rings. The Labute approximate surface area is 114 Å². The molecular formula is C14H12INO. The summed E-state index contributed by atoms with van der Waals surface area (Å²) < 4.78 is 1.17. The first-order valence-electron chi connectivity index (χ1n) is 5.30. The van der Waals surface area contributed by atoms with Crippen LogP contribution in [0.5, 0.6) is 0 Å². The van der Waals surface area contributed by atoms with E-state index in [2.05, 4.69) is 40.0 Å². The molecule has 0 unspecified atom stereocenters. The average Bonchev–Trinajstić information content (AvgIpc) is 2.30. The molecular weight excluding hydrogens is 325 g/mol. The first-order valence-corrected chi connectivity index (χ1v) is 6.38. The molecule has 3 heteroatoms. The monoisotopic (exact) mass is 337 g/mol. The minimum absolute atomic E-state index is 0.0524. The summed E-state index contributed by atoms with van der Waals surface area (Å²) in [6.45, 7) is 1.52. The van der Waals surface area contributed by atoms with Crippen molar-refractivity contribution in [2.24, 2.45) is 0 Å². The third kappa shape index (κ3) is 2.85. The zero-order valence-corrected chi connectivity index (χ0v) is 11.6. The van der Waals surface area contributed by atoms with Crippen molar-refractivity contribution in [3.8, 4) is 11.1 Å². The van der Waals surface area contributed by atoms with E-state index < -0.39 is 0 Å². The van der Waals surface area contributed by atoms with Gasteiger partial charge in [-0.3, -0.25) is 4.79 Å². The van der Waals surface area contributed by atoms with Gasteiger partial charge in [-0.25, -0.2) is 0 Å². The van der Waals surface area contributed by atoms with Gasteiger partial charge in [0, 0.05) is 21.7 Å². The minimum Gasteiger partial charge on any atom is -0.326 e. The molecule has 2 rings (SSSR count). The van der Waals surface area contributed by atoms with Gasteiger partial charge >= 0.3 is 0 Å². The topological polar surface area (TPSA) is 29.1 Å². The second-order valence-electron chi connectivity index (χ2n) is 3.71. The van der Waals surface area contributed by atoms with E-state index in [1.807, 2.05) is 36.4 Å². The Kier molecular flexibility index (Phi) is 3.78. The Hall–Kier alpha value is -1.36. The lowest BCUT2D eigenvalue weighted by molar-refractivity contribution is -0.114. The number of hydrogen-bond acceptors (Lipinski definition) is 1. The van der Waals surface area contributed by atoms with Crippen LogP contribution in [0, 0.1) is 3.57 Å². The second kappa shape index (κ2) is 5.31. The van der Waals surface area contributed by atoms with Crippen molar-refractivity contribution in [2.45, 2.75) is 6.92 Å². The zero-order valence-electron chi connectivity index (χ0n) is 9.41. The van der Waals surface area contributed by atoms with E-state index in [1.54, 1.807) is 0 Å². The molecule has 17 heavy (non-hydrogen) atoms. The Morgan fingerprint density at radius 2 is 1.59 bits per heavy atom. The molecule has 1 amide bonds. The quantitative estimate of drug-likeness (QED) is 0.827. The Balaban J connectivity index is 2.52. The van der Waals surface area contributed by atoms with Crippen molar-refractivity contribution in [1.29, 1.82) is 0 Å². The van der Waals surface area contributed by atoms with E-state index in [0.717, 1.165) is 16.8 Å². The normalized spacial score (nSPS) is 10.0. The maximum atomic E-state index is 11.2. The third-order valence-electron chi connectivity index (χ3n) is 2.40. The molecule has 0 aliphatic heterocycles. The Morgan fingerprint density at radius 3 is 2.24 bits per heavy atom. The van der Waals surface area contributed by atoms with Gasteiger partial charge in [0.05, 0.1) is 0 Å². The third-order valence-corrected chi connectivity index (χ3v) is 3.34. The highest BCUT2D eigenvalue weighted by molar-refractivity contribution is 14.1. The number of carbonyl (C=O) groups is 1. The van der Waals surface area contributed by atoms with Crippen molar-refractivity contribution < 1.29 is 4.79 Å². The summed E-state index contributed by atoms with van der Waals surface area (Å²) in [6.07, 6.45) is 0. The van der Waals surface area contributed by atoms with Crippen LogP contribution in [0.4, 0.5) is 5.69 Å². The maximum Gasteiger partial charge on any atom is 0.221 e. The zero-order chi connectivity index (χ0) is 12.3. The van der Waals surface area contributed by atoms with Crippen molar-refractivity contribution in [3.05, 3.63) is 52.1 Å². The van der Waals surface area contributed by atoms with E-state index >= 15 is 0 Å². The summed E-state index contributed by atoms with van der Waals surface area (Å²) in [5.41, 5.74) is 3.04. The van der Waals surface area contributed by atoms with Crippen LogP contribution in [0.1, 0.15) is 6.92 Å². The average molecular weight is 337 g/mol. The number of nitrogens with one attached hydrogen (secondary N) is 1. The smallest absolute Gasteiger partial charge is 0.221 e. The maximum absolute atomic E-state index is 11.2. The number of rotatable bonds is 2. The minimum atomic E-state index is -0.0524. The molecule has 0 aliphatic carbocycles. The van der Waals surface area contributed by atoms with Crippen LogP contribution in [0.3, 0.4) is 0 Å². The molecule has 0 aliphatic rings. The van der Waals surface area contributed by atoms with Crippen molar-refractivity contribution in [3.63, 3.8) is 0 Å². The van der Waals surface area contributed by atoms with Gasteiger partial charge in [-0.15, -0.1) is 0 Å². The molecule has 0 bridgehead atoms. The Bertz CT molecular complexity index is 551. The lowest BCUT2D eigenvalue weighted by atomic mass is 10.0. The first-order chi connectivity index (χ1) is 8.18. The predicted octanol–water partition coefficient (Wildman–Crippen LogP) is 3.92. The fourth-order valence-corrected chi connectivity index (χ4v) is 2.37. The van der Waals surface area contributed by atoms with Gasteiger partial charge in [-0.05, 0) is 40.3 Å². The van der Waals surface area contributed by atoms with Gasteiger partial charge < -0.3 is 5.32 Å². The summed E-state index contributed by atoms with van der Waals surface area (Å²) in [6, 6.07) is 16.0. The summed E-state index contributed by atoms with van der Waals surface area (Å²) in [5.74, 6) is -0.0524. The van der Waals surface area contributed by atoms with E-state index in [4.69, 9.17) is 0 Å². The van der Waals surface area contributed by atoms with Crippen molar-refractivity contribution in [2.75, 3.05) is 5.32 Å². The summed E-state index contributed by atoms with van der Waals surface area (Å²) in [7, 11) is 0. The van der Waals surface area contributed by atoms with Gasteiger partial charge in [-0.2, -0.15) is 0 Å². The molecule has 0 spiro atoms. The molecule has 2 aromatic carbocycles. The summed E-state index contributed by atoms with van der Waals surface area (Å²) in [5, 5.41) is 2.86. The summed E-state index contributed by atoms with van der Waals surface area (Å²) >= 11 is 2.30. The number of amides is 1. The van der Waals surface area contributed by atoms with Crippen LogP contribution in [-0.2, 0) is 4.79 Å². The van der Waals surface area contributed by atoms with Gasteiger partial charge in [-0.1, -0.05) is 36.4 Å². The molecule has 0 radical (unpaired) electrons. The van der Waals surface area contributed by atoms with Crippen LogP contribution in [0.25, 0.3) is 11.1 Å². The highest BCUT2D eigenvalue weighted by Crippen LogP contribution is 2.31. The van der Waals surface area contributed by atoms with Crippen molar-refractivity contribution >= 4 is 34.2 Å². The first kappa shape index (κ1) is 12.1.